The molecule has 4 atom stereocenters. The fourth-order valence-corrected chi connectivity index (χ4v) is 9.46. The first-order valence-corrected chi connectivity index (χ1v) is 28.2. The Morgan fingerprint density at radius 1 is 0.449 bits per heavy atom. The van der Waals surface area contributed by atoms with Gasteiger partial charge in [-0.3, -0.25) is 43.2 Å². The van der Waals surface area contributed by atoms with E-state index in [0.717, 1.165) is 11.1 Å². The molecule has 2 rings (SSSR count). The topological polar surface area (TPSA) is 249 Å². The van der Waals surface area contributed by atoms with Crippen molar-refractivity contribution in [3.63, 3.8) is 0 Å². The van der Waals surface area contributed by atoms with Crippen molar-refractivity contribution in [3.05, 3.63) is 71.8 Å². The molecule has 436 valence electrons. The fourth-order valence-electron chi connectivity index (χ4n) is 9.46. The number of carbonyl (C=O) groups is 9. The summed E-state index contributed by atoms with van der Waals surface area (Å²) in [6.45, 7) is 19.6. The maximum absolute atomic E-state index is 14.3. The number of ketones is 1. The van der Waals surface area contributed by atoms with Gasteiger partial charge >= 0.3 is 5.97 Å². The minimum absolute atomic E-state index is 0.00673. The van der Waals surface area contributed by atoms with Gasteiger partial charge in [-0.05, 0) is 86.2 Å². The van der Waals surface area contributed by atoms with Crippen molar-refractivity contribution in [1.82, 2.24) is 35.6 Å². The lowest BCUT2D eigenvalue weighted by Gasteiger charge is -2.33. The molecule has 0 spiro atoms. The summed E-state index contributed by atoms with van der Waals surface area (Å²) in [5.41, 5.74) is 8.41. The monoisotopic (exact) mass is 1090 g/mol. The zero-order chi connectivity index (χ0) is 58.5. The van der Waals surface area contributed by atoms with Crippen LogP contribution in [0.2, 0.25) is 0 Å². The summed E-state index contributed by atoms with van der Waals surface area (Å²) in [7, 11) is 0. The van der Waals surface area contributed by atoms with Crippen LogP contribution < -0.4 is 21.7 Å². The van der Waals surface area contributed by atoms with Gasteiger partial charge in [0, 0.05) is 82.5 Å². The zero-order valence-corrected chi connectivity index (χ0v) is 48.9. The molecule has 0 fully saturated rings. The standard InChI is InChI=1S/C60H96N8O10/c1-41(2)28-49(61)34-66(56(73)25-22-47-18-14-12-15-19-47)38-54(71)64-52(30-43(5)6)37-68(59(76)32-45(9)10)40-55(72)63-51(29-42(3)4)36-67(57(74)26-23-48-20-16-13-17-21-48)39-53(70)62-50(24-27-60(77)78)35-65(33-46(11)69)58(75)31-44(7)8/h12-21,41-45,49-52H,22-40,61H2,1-11H3,(H,62,70)(H,63,72)(H,64,71)(H,77,78)/t49-,50-,51-,52-/m0/s1. The van der Waals surface area contributed by atoms with E-state index in [2.05, 4.69) is 16.0 Å². The van der Waals surface area contributed by atoms with Crippen LogP contribution in [0.1, 0.15) is 145 Å². The minimum Gasteiger partial charge on any atom is -0.481 e. The lowest BCUT2D eigenvalue weighted by Crippen LogP contribution is -2.54. The normalized spacial score (nSPS) is 12.9. The van der Waals surface area contributed by atoms with Gasteiger partial charge in [0.1, 0.15) is 5.78 Å². The first-order valence-electron chi connectivity index (χ1n) is 28.2. The number of aliphatic carboxylic acids is 1. The van der Waals surface area contributed by atoms with Gasteiger partial charge in [-0.1, -0.05) is 130 Å². The molecule has 18 nitrogen and oxygen atoms in total. The highest BCUT2D eigenvalue weighted by Crippen LogP contribution is 2.16. The molecule has 0 bridgehead atoms. The molecule has 0 saturated heterocycles. The molecule has 0 aliphatic heterocycles. The second kappa shape index (κ2) is 36.1. The molecule has 18 heteroatoms. The number of carboxylic acid groups (broad SMARTS) is 1. The largest absolute Gasteiger partial charge is 0.481 e. The van der Waals surface area contributed by atoms with Crippen LogP contribution in [-0.4, -0.2) is 154 Å². The van der Waals surface area contributed by atoms with Crippen LogP contribution in [0.15, 0.2) is 60.7 Å². The van der Waals surface area contributed by atoms with E-state index in [9.17, 15) is 48.3 Å². The Hall–Kier alpha value is -6.17. The van der Waals surface area contributed by atoms with Crippen molar-refractivity contribution in [2.75, 3.05) is 52.4 Å². The predicted molar refractivity (Wildman–Crippen MR) is 304 cm³/mol. The number of Topliss-reactive ketones (excluding diaryl/α,β-unsaturated/α-hetero) is 1. The number of amides is 7. The van der Waals surface area contributed by atoms with Gasteiger partial charge in [-0.2, -0.15) is 0 Å². The average molecular weight is 1090 g/mol. The van der Waals surface area contributed by atoms with E-state index in [0.29, 0.717) is 32.1 Å². The third kappa shape index (κ3) is 30.1. The van der Waals surface area contributed by atoms with Gasteiger partial charge in [0.15, 0.2) is 0 Å². The van der Waals surface area contributed by atoms with Crippen LogP contribution in [0.3, 0.4) is 0 Å². The Kier molecular flexibility index (Phi) is 31.4. The maximum Gasteiger partial charge on any atom is 0.303 e. The fraction of sp³-hybridized carbons (Fsp3) is 0.650. The lowest BCUT2D eigenvalue weighted by molar-refractivity contribution is -0.139. The molecular weight excluding hydrogens is 993 g/mol. The van der Waals surface area contributed by atoms with E-state index in [-0.39, 0.29) is 149 Å². The van der Waals surface area contributed by atoms with Crippen molar-refractivity contribution in [2.45, 2.75) is 171 Å². The van der Waals surface area contributed by atoms with Crippen molar-refractivity contribution in [2.24, 2.45) is 35.3 Å². The number of benzene rings is 2. The van der Waals surface area contributed by atoms with Gasteiger partial charge in [0.2, 0.25) is 41.4 Å². The van der Waals surface area contributed by atoms with Crippen LogP contribution in [-0.2, 0) is 56.0 Å². The molecular formula is C60H96N8O10. The summed E-state index contributed by atoms with van der Waals surface area (Å²) >= 11 is 0. The van der Waals surface area contributed by atoms with E-state index in [1.165, 1.54) is 26.5 Å². The molecule has 2 aromatic rings. The van der Waals surface area contributed by atoms with Crippen molar-refractivity contribution < 1.29 is 48.3 Å². The molecule has 0 aromatic heterocycles. The van der Waals surface area contributed by atoms with Crippen LogP contribution in [0.25, 0.3) is 0 Å². The number of nitrogens with zero attached hydrogens (tertiary/aromatic N) is 4. The number of rotatable bonds is 38. The second-order valence-corrected chi connectivity index (χ2v) is 23.3. The number of aryl methyl sites for hydroxylation is 2. The Morgan fingerprint density at radius 2 is 0.795 bits per heavy atom. The highest BCUT2D eigenvalue weighted by atomic mass is 16.4. The number of hydrogen-bond acceptors (Lipinski definition) is 10. The molecule has 0 radical (unpaired) electrons. The van der Waals surface area contributed by atoms with Crippen molar-refractivity contribution in [1.29, 1.82) is 0 Å². The first kappa shape index (κ1) is 67.9. The van der Waals surface area contributed by atoms with Gasteiger partial charge in [-0.15, -0.1) is 0 Å². The third-order valence-electron chi connectivity index (χ3n) is 12.8. The van der Waals surface area contributed by atoms with Crippen molar-refractivity contribution >= 4 is 53.1 Å². The van der Waals surface area contributed by atoms with Gasteiger partial charge in [0.25, 0.3) is 0 Å². The van der Waals surface area contributed by atoms with Crippen molar-refractivity contribution in [3.8, 4) is 0 Å². The molecule has 0 aliphatic rings. The molecule has 7 amide bonds. The smallest absolute Gasteiger partial charge is 0.303 e. The van der Waals surface area contributed by atoms with E-state index in [4.69, 9.17) is 5.73 Å². The number of nitrogens with two attached hydrogens (primary N) is 1. The Balaban J connectivity index is 2.45. The van der Waals surface area contributed by atoms with Crippen LogP contribution in [0.5, 0.6) is 0 Å². The van der Waals surface area contributed by atoms with E-state index in [1.54, 1.807) is 0 Å². The average Bonchev–Trinajstić information content (AvgIpc) is 3.32. The quantitative estimate of drug-likeness (QED) is 0.0519. The van der Waals surface area contributed by atoms with Gasteiger partial charge < -0.3 is 46.4 Å². The number of nitrogens with one attached hydrogen (secondary N) is 3. The Bertz CT molecular complexity index is 2190. The van der Waals surface area contributed by atoms with Crippen LogP contribution in [0, 0.1) is 29.6 Å². The summed E-state index contributed by atoms with van der Waals surface area (Å²) in [5.74, 6) is -3.81. The lowest BCUT2D eigenvalue weighted by atomic mass is 10.0. The first-order chi connectivity index (χ1) is 36.7. The van der Waals surface area contributed by atoms with E-state index >= 15 is 0 Å². The number of hydrogen-bond donors (Lipinski definition) is 5. The van der Waals surface area contributed by atoms with Gasteiger partial charge in [0.05, 0.1) is 26.2 Å². The summed E-state index contributed by atoms with van der Waals surface area (Å²) in [6.07, 6.45) is 2.50. The molecule has 2 aromatic carbocycles. The van der Waals surface area contributed by atoms with Gasteiger partial charge in [-0.25, -0.2) is 0 Å². The highest BCUT2D eigenvalue weighted by molar-refractivity contribution is 5.88. The summed E-state index contributed by atoms with van der Waals surface area (Å²) in [6, 6.07) is 16.5. The van der Waals surface area contributed by atoms with Crippen LogP contribution in [0.4, 0.5) is 0 Å². The zero-order valence-electron chi connectivity index (χ0n) is 48.9. The molecule has 0 unspecified atom stereocenters. The summed E-state index contributed by atoms with van der Waals surface area (Å²) in [4.78, 5) is 127. The number of carbonyl (C=O) groups excluding carboxylic acids is 8. The summed E-state index contributed by atoms with van der Waals surface area (Å²) in [5, 5.41) is 18.6. The third-order valence-corrected chi connectivity index (χ3v) is 12.8. The number of carboxylic acids is 1. The molecule has 0 saturated carbocycles. The Labute approximate surface area is 465 Å². The summed E-state index contributed by atoms with van der Waals surface area (Å²) < 4.78 is 0. The molecule has 0 heterocycles. The minimum atomic E-state index is -1.11. The molecule has 0 aliphatic carbocycles. The second-order valence-electron chi connectivity index (χ2n) is 23.3. The maximum atomic E-state index is 14.3. The van der Waals surface area contributed by atoms with Crippen LogP contribution >= 0.6 is 0 Å². The Morgan fingerprint density at radius 3 is 1.15 bits per heavy atom. The van der Waals surface area contributed by atoms with E-state index < -0.39 is 48.4 Å². The molecule has 78 heavy (non-hydrogen) atoms. The highest BCUT2D eigenvalue weighted by Gasteiger charge is 2.30. The predicted octanol–water partition coefficient (Wildman–Crippen LogP) is 6.03. The molecule has 6 N–H and O–H groups in total. The SMILES string of the molecule is CC(=O)CN(C[C@H](CCC(=O)O)NC(=O)CN(C[C@H](CC(C)C)NC(=O)CN(C[C@H](CC(C)C)NC(=O)CN(C[C@@H](N)CC(C)C)C(=O)CCc1ccccc1)C(=O)CC(C)C)C(=O)CCc1ccccc1)C(=O)CC(C)C. The van der Waals surface area contributed by atoms with E-state index in [1.807, 2.05) is 130 Å².